The fraction of sp³-hybridized carbons (Fsp3) is 1.00. The van der Waals surface area contributed by atoms with Crippen molar-refractivity contribution in [2.75, 3.05) is 0 Å². The molecule has 0 heterocycles. The van der Waals surface area contributed by atoms with Crippen LogP contribution in [0.1, 0.15) is 32.1 Å². The molecule has 4 heteroatoms. The molecule has 72 valence electrons. The molecule has 0 unspecified atom stereocenters. The maximum Gasteiger partial charge on any atom is 0.389 e. The summed E-state index contributed by atoms with van der Waals surface area (Å²) in [5.74, 6) is -0.334. The van der Waals surface area contributed by atoms with Crippen molar-refractivity contribution in [3.8, 4) is 0 Å². The molecule has 1 aliphatic rings. The molecular weight excluding hydrogens is 167 g/mol. The topological polar surface area (TPSA) is 26.0 Å². The van der Waals surface area contributed by atoms with Crippen molar-refractivity contribution in [3.05, 3.63) is 0 Å². The van der Waals surface area contributed by atoms with Crippen LogP contribution in [0, 0.1) is 5.92 Å². The van der Waals surface area contributed by atoms with E-state index in [0.29, 0.717) is 6.42 Å². The summed E-state index contributed by atoms with van der Waals surface area (Å²) in [5, 5.41) is 0. The van der Waals surface area contributed by atoms with Crippen molar-refractivity contribution in [3.63, 3.8) is 0 Å². The largest absolute Gasteiger partial charge is 0.389 e. The Labute approximate surface area is 70.1 Å². The van der Waals surface area contributed by atoms with Gasteiger partial charge in [0.2, 0.25) is 0 Å². The second-order valence-corrected chi connectivity index (χ2v) is 3.53. The van der Waals surface area contributed by atoms with Crippen molar-refractivity contribution >= 4 is 0 Å². The van der Waals surface area contributed by atoms with E-state index in [1.165, 1.54) is 0 Å². The number of alkyl halides is 3. The zero-order chi connectivity index (χ0) is 9.19. The first-order valence-electron chi connectivity index (χ1n) is 4.31. The zero-order valence-electron chi connectivity index (χ0n) is 6.90. The third-order valence-corrected chi connectivity index (χ3v) is 2.46. The lowest BCUT2D eigenvalue weighted by atomic mass is 9.83. The van der Waals surface area contributed by atoms with Crippen molar-refractivity contribution < 1.29 is 13.2 Å². The second kappa shape index (κ2) is 3.64. The summed E-state index contributed by atoms with van der Waals surface area (Å²) in [7, 11) is 0. The van der Waals surface area contributed by atoms with E-state index < -0.39 is 12.6 Å². The van der Waals surface area contributed by atoms with Crippen molar-refractivity contribution in [2.45, 2.75) is 44.3 Å². The van der Waals surface area contributed by atoms with Crippen LogP contribution in [0.4, 0.5) is 13.2 Å². The molecule has 0 amide bonds. The summed E-state index contributed by atoms with van der Waals surface area (Å²) in [5.41, 5.74) is 5.59. The van der Waals surface area contributed by atoms with Gasteiger partial charge in [-0.3, -0.25) is 0 Å². The summed E-state index contributed by atoms with van der Waals surface area (Å²) in [6.45, 7) is 0. The molecule has 0 radical (unpaired) electrons. The molecule has 0 aliphatic heterocycles. The molecule has 0 spiro atoms. The first-order chi connectivity index (χ1) is 5.49. The number of rotatable bonds is 1. The van der Waals surface area contributed by atoms with Crippen LogP contribution in [0.5, 0.6) is 0 Å². The molecule has 1 rings (SSSR count). The Morgan fingerprint density at radius 1 is 1.17 bits per heavy atom. The summed E-state index contributed by atoms with van der Waals surface area (Å²) in [6, 6.07) is -0.236. The average Bonchev–Trinajstić information content (AvgIpc) is 1.91. The van der Waals surface area contributed by atoms with Crippen LogP contribution in [-0.4, -0.2) is 12.2 Å². The highest BCUT2D eigenvalue weighted by molar-refractivity contribution is 4.79. The summed E-state index contributed by atoms with van der Waals surface area (Å²) in [4.78, 5) is 0. The minimum Gasteiger partial charge on any atom is -0.327 e. The molecule has 0 aromatic rings. The normalized spacial score (nSPS) is 32.0. The number of nitrogens with two attached hydrogens (primary N) is 1. The maximum absolute atomic E-state index is 12.0. The van der Waals surface area contributed by atoms with Crippen molar-refractivity contribution in [1.82, 2.24) is 0 Å². The molecule has 1 aliphatic carbocycles. The van der Waals surface area contributed by atoms with E-state index in [2.05, 4.69) is 0 Å². The lowest BCUT2D eigenvalue weighted by molar-refractivity contribution is -0.147. The lowest BCUT2D eigenvalue weighted by Crippen LogP contribution is -2.35. The summed E-state index contributed by atoms with van der Waals surface area (Å²) >= 11 is 0. The zero-order valence-corrected chi connectivity index (χ0v) is 6.90. The van der Waals surface area contributed by atoms with Crippen LogP contribution in [0.2, 0.25) is 0 Å². The Bertz CT molecular complexity index is 144. The van der Waals surface area contributed by atoms with E-state index in [9.17, 15) is 13.2 Å². The van der Waals surface area contributed by atoms with E-state index >= 15 is 0 Å². The van der Waals surface area contributed by atoms with Crippen LogP contribution in [0.25, 0.3) is 0 Å². The first kappa shape index (κ1) is 9.84. The number of halogens is 3. The van der Waals surface area contributed by atoms with E-state index in [0.717, 1.165) is 19.3 Å². The highest BCUT2D eigenvalue weighted by Gasteiger charge is 2.35. The molecule has 2 N–H and O–H groups in total. The van der Waals surface area contributed by atoms with Gasteiger partial charge in [-0.1, -0.05) is 12.8 Å². The SMILES string of the molecule is N[C@H]1CCCC[C@@H]1CC(F)(F)F. The van der Waals surface area contributed by atoms with E-state index in [1.54, 1.807) is 0 Å². The lowest BCUT2D eigenvalue weighted by Gasteiger charge is -2.29. The second-order valence-electron chi connectivity index (χ2n) is 3.53. The Balaban J connectivity index is 2.39. The van der Waals surface area contributed by atoms with Gasteiger partial charge < -0.3 is 5.73 Å². The van der Waals surface area contributed by atoms with Gasteiger partial charge in [0.15, 0.2) is 0 Å². The van der Waals surface area contributed by atoms with Gasteiger partial charge in [0.1, 0.15) is 0 Å². The molecular formula is C8H14F3N. The average molecular weight is 181 g/mol. The summed E-state index contributed by atoms with van der Waals surface area (Å²) < 4.78 is 35.9. The molecule has 0 saturated heterocycles. The minimum atomic E-state index is -4.04. The molecule has 1 nitrogen and oxygen atoms in total. The highest BCUT2D eigenvalue weighted by Crippen LogP contribution is 2.33. The van der Waals surface area contributed by atoms with Crippen LogP contribution in [0.3, 0.4) is 0 Å². The van der Waals surface area contributed by atoms with Gasteiger partial charge in [-0.25, -0.2) is 0 Å². The predicted molar refractivity (Wildman–Crippen MR) is 40.6 cm³/mol. The highest BCUT2D eigenvalue weighted by atomic mass is 19.4. The summed E-state index contributed by atoms with van der Waals surface area (Å²) in [6.07, 6.45) is -1.47. The first-order valence-corrected chi connectivity index (χ1v) is 4.31. The van der Waals surface area contributed by atoms with Crippen LogP contribution >= 0.6 is 0 Å². The van der Waals surface area contributed by atoms with Crippen molar-refractivity contribution in [1.29, 1.82) is 0 Å². The third kappa shape index (κ3) is 3.01. The van der Waals surface area contributed by atoms with Gasteiger partial charge in [-0.05, 0) is 18.8 Å². The van der Waals surface area contributed by atoms with E-state index in [4.69, 9.17) is 5.73 Å². The maximum atomic E-state index is 12.0. The van der Waals surface area contributed by atoms with Gasteiger partial charge in [0.05, 0.1) is 0 Å². The van der Waals surface area contributed by atoms with Crippen LogP contribution in [0.15, 0.2) is 0 Å². The Kier molecular flexibility index (Phi) is 2.99. The molecule has 1 fully saturated rings. The van der Waals surface area contributed by atoms with Gasteiger partial charge in [0.25, 0.3) is 0 Å². The van der Waals surface area contributed by atoms with Gasteiger partial charge >= 0.3 is 6.18 Å². The van der Waals surface area contributed by atoms with Gasteiger partial charge in [-0.2, -0.15) is 13.2 Å². The van der Waals surface area contributed by atoms with Crippen LogP contribution < -0.4 is 5.73 Å². The predicted octanol–water partition coefficient (Wildman–Crippen LogP) is 2.46. The molecule has 2 atom stereocenters. The van der Waals surface area contributed by atoms with Crippen molar-refractivity contribution in [2.24, 2.45) is 11.7 Å². The smallest absolute Gasteiger partial charge is 0.327 e. The van der Waals surface area contributed by atoms with E-state index in [1.807, 2.05) is 0 Å². The van der Waals surface area contributed by atoms with Gasteiger partial charge in [0, 0.05) is 12.5 Å². The molecule has 12 heavy (non-hydrogen) atoms. The fourth-order valence-corrected chi connectivity index (χ4v) is 1.79. The fourth-order valence-electron chi connectivity index (χ4n) is 1.79. The Hall–Kier alpha value is -0.250. The quantitative estimate of drug-likeness (QED) is 0.660. The van der Waals surface area contributed by atoms with E-state index in [-0.39, 0.29) is 12.0 Å². The minimum absolute atomic E-state index is 0.236. The van der Waals surface area contributed by atoms with Crippen LogP contribution in [-0.2, 0) is 0 Å². The number of hydrogen-bond acceptors (Lipinski definition) is 1. The Morgan fingerprint density at radius 2 is 1.75 bits per heavy atom. The van der Waals surface area contributed by atoms with Gasteiger partial charge in [-0.15, -0.1) is 0 Å². The Morgan fingerprint density at radius 3 is 2.25 bits per heavy atom. The molecule has 0 aromatic carbocycles. The number of hydrogen-bond donors (Lipinski definition) is 1. The molecule has 0 aromatic heterocycles. The third-order valence-electron chi connectivity index (χ3n) is 2.46. The standard InChI is InChI=1S/C8H14F3N/c9-8(10,11)5-6-3-1-2-4-7(6)12/h6-7H,1-5,12H2/t6-,7+/m1/s1. The molecule has 1 saturated carbocycles. The molecule has 0 bridgehead atoms. The monoisotopic (exact) mass is 181 g/mol.